The summed E-state index contributed by atoms with van der Waals surface area (Å²) in [6, 6.07) is 7.84. The first kappa shape index (κ1) is 19.7. The lowest BCUT2D eigenvalue weighted by molar-refractivity contribution is 0.0691. The maximum absolute atomic E-state index is 13.5. The number of amides is 1. The number of nitrogens with zero attached hydrogens (tertiary/aromatic N) is 4. The lowest BCUT2D eigenvalue weighted by Crippen LogP contribution is -2.40. The topological polar surface area (TPSA) is 93.2 Å². The largest absolute Gasteiger partial charge is 0.493 e. The van der Waals surface area contributed by atoms with Crippen LogP contribution in [0.4, 0.5) is 0 Å². The molecule has 1 aliphatic rings. The van der Waals surface area contributed by atoms with Crippen molar-refractivity contribution in [3.8, 4) is 22.3 Å². The summed E-state index contributed by atoms with van der Waals surface area (Å²) in [4.78, 5) is 25.2. The average molecular weight is 454 g/mol. The number of hydrogen-bond donors (Lipinski definition) is 1. The number of carbonyl (C=O) groups is 1. The third-order valence-electron chi connectivity index (χ3n) is 5.29. The Morgan fingerprint density at radius 3 is 2.77 bits per heavy atom. The van der Waals surface area contributed by atoms with Gasteiger partial charge in [0.05, 0.1) is 20.3 Å². The van der Waals surface area contributed by atoms with E-state index in [0.29, 0.717) is 34.6 Å². The van der Waals surface area contributed by atoms with Crippen molar-refractivity contribution in [2.75, 3.05) is 20.8 Å². The molecule has 8 nitrogen and oxygen atoms in total. The predicted octanol–water partition coefficient (Wildman–Crippen LogP) is 3.79. The van der Waals surface area contributed by atoms with Crippen LogP contribution in [-0.2, 0) is 6.42 Å². The van der Waals surface area contributed by atoms with Crippen LogP contribution in [0.15, 0.2) is 41.4 Å². The zero-order valence-electron chi connectivity index (χ0n) is 16.9. The van der Waals surface area contributed by atoms with Gasteiger partial charge in [0.15, 0.2) is 22.3 Å². The maximum Gasteiger partial charge on any atom is 0.274 e. The Morgan fingerprint density at radius 2 is 2.06 bits per heavy atom. The highest BCUT2D eigenvalue weighted by atomic mass is 32.1. The lowest BCUT2D eigenvalue weighted by Gasteiger charge is -2.37. The Morgan fingerprint density at radius 1 is 1.23 bits per heavy atom. The molecular formula is C21H19N5O3S2. The molecule has 5 rings (SSSR count). The van der Waals surface area contributed by atoms with E-state index < -0.39 is 0 Å². The van der Waals surface area contributed by atoms with E-state index in [0.717, 1.165) is 22.4 Å². The smallest absolute Gasteiger partial charge is 0.274 e. The number of ether oxygens (including phenoxy) is 2. The van der Waals surface area contributed by atoms with Gasteiger partial charge in [-0.15, -0.1) is 22.7 Å². The summed E-state index contributed by atoms with van der Waals surface area (Å²) in [7, 11) is 3.25. The van der Waals surface area contributed by atoms with Gasteiger partial charge in [0.2, 0.25) is 0 Å². The van der Waals surface area contributed by atoms with Gasteiger partial charge in [-0.1, -0.05) is 6.07 Å². The van der Waals surface area contributed by atoms with Crippen molar-refractivity contribution in [1.82, 2.24) is 25.1 Å². The summed E-state index contributed by atoms with van der Waals surface area (Å²) >= 11 is 3.00. The van der Waals surface area contributed by atoms with Gasteiger partial charge in [-0.3, -0.25) is 9.89 Å². The first-order valence-corrected chi connectivity index (χ1v) is 11.4. The number of nitrogens with one attached hydrogen (secondary N) is 1. The molecule has 10 heteroatoms. The first-order chi connectivity index (χ1) is 15.2. The van der Waals surface area contributed by atoms with Gasteiger partial charge in [-0.2, -0.15) is 5.10 Å². The van der Waals surface area contributed by atoms with Crippen LogP contribution in [0.2, 0.25) is 0 Å². The number of hydrogen-bond acceptors (Lipinski definition) is 8. The van der Waals surface area contributed by atoms with E-state index in [2.05, 4.69) is 26.2 Å². The van der Waals surface area contributed by atoms with E-state index in [-0.39, 0.29) is 11.9 Å². The quantitative estimate of drug-likeness (QED) is 0.494. The number of benzene rings is 1. The van der Waals surface area contributed by atoms with E-state index in [1.165, 1.54) is 17.7 Å². The number of methoxy groups -OCH3 is 2. The highest BCUT2D eigenvalue weighted by Crippen LogP contribution is 2.42. The van der Waals surface area contributed by atoms with Crippen LogP contribution in [-0.4, -0.2) is 51.7 Å². The van der Waals surface area contributed by atoms with Gasteiger partial charge in [-0.05, 0) is 41.1 Å². The zero-order chi connectivity index (χ0) is 21.4. The van der Waals surface area contributed by atoms with E-state index >= 15 is 0 Å². The molecule has 0 spiro atoms. The van der Waals surface area contributed by atoms with Gasteiger partial charge < -0.3 is 14.4 Å². The molecule has 1 aromatic carbocycles. The fourth-order valence-corrected chi connectivity index (χ4v) is 5.45. The molecule has 0 fully saturated rings. The normalized spacial score (nSPS) is 15.5. The van der Waals surface area contributed by atoms with Crippen LogP contribution in [0.5, 0.6) is 11.5 Å². The van der Waals surface area contributed by atoms with Crippen molar-refractivity contribution >= 4 is 28.6 Å². The highest BCUT2D eigenvalue weighted by molar-refractivity contribution is 7.13. The van der Waals surface area contributed by atoms with Crippen LogP contribution >= 0.6 is 22.7 Å². The lowest BCUT2D eigenvalue weighted by atomic mass is 9.90. The number of thiazole rings is 1. The summed E-state index contributed by atoms with van der Waals surface area (Å²) < 4.78 is 11.0. The molecule has 0 aliphatic carbocycles. The van der Waals surface area contributed by atoms with Gasteiger partial charge in [0, 0.05) is 16.8 Å². The summed E-state index contributed by atoms with van der Waals surface area (Å²) in [6.45, 7) is 0.582. The van der Waals surface area contributed by atoms with Crippen molar-refractivity contribution in [3.63, 3.8) is 0 Å². The molecule has 0 bridgehead atoms. The molecule has 158 valence electrons. The van der Waals surface area contributed by atoms with Crippen molar-refractivity contribution in [2.45, 2.75) is 12.5 Å². The second-order valence-electron chi connectivity index (χ2n) is 6.94. The van der Waals surface area contributed by atoms with Crippen LogP contribution in [0.1, 0.15) is 32.5 Å². The Hall–Kier alpha value is -3.24. The van der Waals surface area contributed by atoms with Gasteiger partial charge >= 0.3 is 0 Å². The standard InChI is InChI=1S/C21H19N5O3S2/c1-28-15-8-12-5-6-26(18(17-4-3-7-30-17)13(12)9-16(15)29-2)21(27)14-10-31-20(24-14)19-22-11-23-25-19/h3-4,7-11,18H,5-6H2,1-2H3,(H,22,23,25). The second-order valence-corrected chi connectivity index (χ2v) is 8.78. The minimum absolute atomic E-state index is 0.110. The van der Waals surface area contributed by atoms with Crippen molar-refractivity contribution in [1.29, 1.82) is 0 Å². The number of carbonyl (C=O) groups excluding carboxylic acids is 1. The van der Waals surface area contributed by atoms with E-state index in [1.54, 1.807) is 30.9 Å². The number of rotatable bonds is 5. The predicted molar refractivity (Wildman–Crippen MR) is 118 cm³/mol. The number of aromatic amines is 1. The molecular weight excluding hydrogens is 434 g/mol. The molecule has 1 unspecified atom stereocenters. The van der Waals surface area contributed by atoms with Crippen molar-refractivity contribution in [2.24, 2.45) is 0 Å². The van der Waals surface area contributed by atoms with Crippen LogP contribution in [0.3, 0.4) is 0 Å². The number of aromatic nitrogens is 4. The molecule has 1 aliphatic heterocycles. The van der Waals surface area contributed by atoms with E-state index in [4.69, 9.17) is 9.47 Å². The Balaban J connectivity index is 1.55. The van der Waals surface area contributed by atoms with Gasteiger partial charge in [0.1, 0.15) is 12.0 Å². The van der Waals surface area contributed by atoms with Gasteiger partial charge in [0.25, 0.3) is 5.91 Å². The number of fused-ring (bicyclic) bond motifs is 1. The number of H-pyrrole nitrogens is 1. The van der Waals surface area contributed by atoms with Gasteiger partial charge in [-0.25, -0.2) is 9.97 Å². The third-order valence-corrected chi connectivity index (χ3v) is 7.06. The second kappa shape index (κ2) is 8.12. The summed E-state index contributed by atoms with van der Waals surface area (Å²) in [5.41, 5.74) is 2.60. The molecule has 4 aromatic rings. The zero-order valence-corrected chi connectivity index (χ0v) is 18.5. The minimum Gasteiger partial charge on any atom is -0.493 e. The minimum atomic E-state index is -0.216. The molecule has 0 saturated heterocycles. The van der Waals surface area contributed by atoms with Crippen LogP contribution in [0, 0.1) is 0 Å². The fourth-order valence-electron chi connectivity index (χ4n) is 3.85. The van der Waals surface area contributed by atoms with E-state index in [9.17, 15) is 4.79 Å². The summed E-state index contributed by atoms with van der Waals surface area (Å²) in [5.74, 6) is 1.79. The first-order valence-electron chi connectivity index (χ1n) is 9.60. The molecule has 0 saturated carbocycles. The Bertz CT molecular complexity index is 1200. The molecule has 1 amide bonds. The van der Waals surface area contributed by atoms with E-state index in [1.807, 2.05) is 28.5 Å². The molecule has 0 radical (unpaired) electrons. The Labute approximate surface area is 186 Å². The summed E-state index contributed by atoms with van der Waals surface area (Å²) in [6.07, 6.45) is 2.15. The summed E-state index contributed by atoms with van der Waals surface area (Å²) in [5, 5.41) is 11.1. The molecule has 1 N–H and O–H groups in total. The van der Waals surface area contributed by atoms with Crippen molar-refractivity contribution < 1.29 is 14.3 Å². The monoisotopic (exact) mass is 453 g/mol. The fraction of sp³-hybridized carbons (Fsp3) is 0.238. The maximum atomic E-state index is 13.5. The number of thiophene rings is 1. The van der Waals surface area contributed by atoms with Crippen molar-refractivity contribution in [3.05, 3.63) is 63.1 Å². The van der Waals surface area contributed by atoms with Crippen LogP contribution in [0.25, 0.3) is 10.8 Å². The average Bonchev–Trinajstić information content (AvgIpc) is 3.58. The third kappa shape index (κ3) is 3.47. The Kier molecular flexibility index (Phi) is 5.16. The molecule has 4 heterocycles. The molecule has 1 atom stereocenters. The SMILES string of the molecule is COc1cc2c(cc1OC)C(c1cccs1)N(C(=O)c1csc(-c3ncn[nH]3)n1)CC2. The van der Waals surface area contributed by atoms with Crippen LogP contribution < -0.4 is 9.47 Å². The molecule has 3 aromatic heterocycles. The molecule has 31 heavy (non-hydrogen) atoms. The highest BCUT2D eigenvalue weighted by Gasteiger charge is 2.35.